The molecular formula is C32H38BN5O3. The monoisotopic (exact) mass is 551 g/mol. The van der Waals surface area contributed by atoms with Crippen LogP contribution >= 0.6 is 0 Å². The predicted octanol–water partition coefficient (Wildman–Crippen LogP) is 4.71. The van der Waals surface area contributed by atoms with Crippen molar-refractivity contribution in [2.24, 2.45) is 0 Å². The third kappa shape index (κ3) is 10.5. The summed E-state index contributed by atoms with van der Waals surface area (Å²) in [5.74, 6) is 1.45. The van der Waals surface area contributed by atoms with Crippen molar-refractivity contribution in [2.75, 3.05) is 26.4 Å². The van der Waals surface area contributed by atoms with Crippen LogP contribution in [0.1, 0.15) is 37.2 Å². The molecule has 2 heterocycles. The average molecular weight is 552 g/mol. The first-order valence-corrected chi connectivity index (χ1v) is 13.3. The third-order valence-corrected chi connectivity index (χ3v) is 5.93. The topological polar surface area (TPSA) is 112 Å². The number of nitrogens with one attached hydrogen (secondary N) is 1. The van der Waals surface area contributed by atoms with Crippen LogP contribution in [0, 0.1) is 0 Å². The molecule has 0 aliphatic rings. The number of ether oxygens (including phenoxy) is 1. The Bertz CT molecular complexity index is 1430. The van der Waals surface area contributed by atoms with Crippen LogP contribution in [0.3, 0.4) is 0 Å². The Kier molecular flexibility index (Phi) is 14.3. The van der Waals surface area contributed by atoms with Gasteiger partial charge in [0.05, 0.1) is 27.7 Å². The Balaban J connectivity index is 0.000000229. The molecule has 0 saturated carbocycles. The van der Waals surface area contributed by atoms with Gasteiger partial charge in [-0.15, -0.1) is 0 Å². The van der Waals surface area contributed by atoms with E-state index in [4.69, 9.17) is 18.3 Å². The van der Waals surface area contributed by atoms with Crippen LogP contribution in [-0.4, -0.2) is 49.4 Å². The number of hydrogen-bond donors (Lipinski definition) is 2. The van der Waals surface area contributed by atoms with Crippen molar-refractivity contribution in [3.63, 3.8) is 0 Å². The first-order chi connectivity index (χ1) is 19.9. The van der Waals surface area contributed by atoms with Crippen molar-refractivity contribution >= 4 is 25.9 Å². The summed E-state index contributed by atoms with van der Waals surface area (Å²) in [5.41, 5.74) is 9.47. The summed E-state index contributed by atoms with van der Waals surface area (Å²) >= 11 is 0. The minimum absolute atomic E-state index is 0.0338. The molecule has 2 aromatic carbocycles. The maximum atomic E-state index is 11.8. The third-order valence-electron chi connectivity index (χ3n) is 5.93. The molecule has 3 N–H and O–H groups in total. The van der Waals surface area contributed by atoms with Crippen molar-refractivity contribution < 1.29 is 9.53 Å². The number of pyridine rings is 1. The highest BCUT2D eigenvalue weighted by Crippen LogP contribution is 2.21. The maximum Gasteiger partial charge on any atom is 0.277 e. The number of para-hydroxylation sites is 1. The van der Waals surface area contributed by atoms with E-state index in [1.165, 1.54) is 21.9 Å². The molecule has 4 rings (SSSR count). The number of nitrogens with two attached hydrogens (primary N) is 1. The number of likely N-dealkylation sites (N-methyl/N-ethyl adjacent to an activating group) is 1. The molecule has 0 aliphatic heterocycles. The van der Waals surface area contributed by atoms with E-state index < -0.39 is 5.56 Å². The highest BCUT2D eigenvalue weighted by Gasteiger charge is 2.09. The number of carbonyl (C=O) groups is 1. The smallest absolute Gasteiger partial charge is 0.277 e. The number of hydrogen-bond acceptors (Lipinski definition) is 7. The zero-order chi connectivity index (χ0) is 30.0. The number of aldehydes is 1. The first-order valence-electron chi connectivity index (χ1n) is 13.3. The molecule has 212 valence electrons. The van der Waals surface area contributed by atoms with Gasteiger partial charge in [0, 0.05) is 24.5 Å². The van der Waals surface area contributed by atoms with Gasteiger partial charge in [-0.1, -0.05) is 79.3 Å². The fourth-order valence-electron chi connectivity index (χ4n) is 3.82. The van der Waals surface area contributed by atoms with Gasteiger partial charge in [0.25, 0.3) is 5.56 Å². The normalized spacial score (nSPS) is 11.3. The molecule has 2 aromatic heterocycles. The number of aromatic nitrogens is 3. The lowest BCUT2D eigenvalue weighted by molar-refractivity contribution is -0.108. The molecule has 1 atom stereocenters. The summed E-state index contributed by atoms with van der Waals surface area (Å²) in [5, 5.41) is 3.13. The summed E-state index contributed by atoms with van der Waals surface area (Å²) in [6.45, 7) is 5.03. The van der Waals surface area contributed by atoms with Gasteiger partial charge >= 0.3 is 0 Å². The Hall–Kier alpha value is -4.50. The Morgan fingerprint density at radius 3 is 2.32 bits per heavy atom. The van der Waals surface area contributed by atoms with Gasteiger partial charge in [-0.05, 0) is 43.3 Å². The Labute approximate surface area is 243 Å². The van der Waals surface area contributed by atoms with Crippen LogP contribution in [0.5, 0.6) is 5.75 Å². The Morgan fingerprint density at radius 2 is 1.76 bits per heavy atom. The van der Waals surface area contributed by atoms with Gasteiger partial charge in [-0.25, -0.2) is 4.98 Å². The van der Waals surface area contributed by atoms with E-state index in [9.17, 15) is 9.59 Å². The lowest BCUT2D eigenvalue weighted by atomic mass is 9.77. The SMILES string of the molecule is COc1ccccc1.Nc1cnc(-c2ccccc2)n(CC=O)c1=O.[B]C(CC)c1ccncc1/C=C(\C)CNC. The van der Waals surface area contributed by atoms with Crippen molar-refractivity contribution in [3.05, 3.63) is 112 Å². The summed E-state index contributed by atoms with van der Waals surface area (Å²) < 4.78 is 6.18. The van der Waals surface area contributed by atoms with Gasteiger partial charge in [-0.3, -0.25) is 14.3 Å². The van der Waals surface area contributed by atoms with Crippen LogP contribution in [0.15, 0.2) is 95.7 Å². The lowest BCUT2D eigenvalue weighted by Gasteiger charge is -2.13. The fraction of sp³-hybridized carbons (Fsp3) is 0.250. The number of carbonyl (C=O) groups excluding carboxylic acids is 1. The number of benzene rings is 2. The first kappa shape index (κ1) is 32.7. The molecule has 9 heteroatoms. The summed E-state index contributed by atoms with van der Waals surface area (Å²) in [6.07, 6.45) is 8.73. The molecule has 0 saturated heterocycles. The summed E-state index contributed by atoms with van der Waals surface area (Å²) in [6, 6.07) is 20.9. The molecule has 1 unspecified atom stereocenters. The van der Waals surface area contributed by atoms with E-state index in [0.717, 1.165) is 29.8 Å². The van der Waals surface area contributed by atoms with E-state index in [-0.39, 0.29) is 18.0 Å². The van der Waals surface area contributed by atoms with Crippen molar-refractivity contribution in [1.29, 1.82) is 0 Å². The maximum absolute atomic E-state index is 11.8. The van der Waals surface area contributed by atoms with Crippen LogP contribution < -0.4 is 21.3 Å². The van der Waals surface area contributed by atoms with Gasteiger partial charge in [0.1, 0.15) is 23.5 Å². The van der Waals surface area contributed by atoms with Crippen molar-refractivity contribution in [3.8, 4) is 17.1 Å². The molecule has 4 aromatic rings. The van der Waals surface area contributed by atoms with E-state index in [1.807, 2.05) is 80.0 Å². The van der Waals surface area contributed by atoms with Crippen molar-refractivity contribution in [2.45, 2.75) is 32.6 Å². The zero-order valence-corrected chi connectivity index (χ0v) is 24.2. The van der Waals surface area contributed by atoms with Gasteiger partial charge < -0.3 is 20.6 Å². The second kappa shape index (κ2) is 18.0. The van der Waals surface area contributed by atoms with Gasteiger partial charge in [0.2, 0.25) is 0 Å². The molecular weight excluding hydrogens is 513 g/mol. The quantitative estimate of drug-likeness (QED) is 0.229. The van der Waals surface area contributed by atoms with Crippen molar-refractivity contribution in [1.82, 2.24) is 19.9 Å². The number of rotatable bonds is 9. The van der Waals surface area contributed by atoms with E-state index >= 15 is 0 Å². The average Bonchev–Trinajstić information content (AvgIpc) is 3.01. The molecule has 0 spiro atoms. The van der Waals surface area contributed by atoms with E-state index in [0.29, 0.717) is 12.1 Å². The summed E-state index contributed by atoms with van der Waals surface area (Å²) in [7, 11) is 9.68. The second-order valence-electron chi connectivity index (χ2n) is 9.04. The number of anilines is 1. The van der Waals surface area contributed by atoms with Crippen LogP contribution in [-0.2, 0) is 11.3 Å². The van der Waals surface area contributed by atoms with Gasteiger partial charge in [-0.2, -0.15) is 0 Å². The molecule has 0 amide bonds. The van der Waals surface area contributed by atoms with E-state index in [2.05, 4.69) is 35.2 Å². The number of nitrogens with zero attached hydrogens (tertiary/aromatic N) is 3. The Morgan fingerprint density at radius 1 is 1.10 bits per heavy atom. The van der Waals surface area contributed by atoms with Gasteiger partial charge in [0.15, 0.2) is 0 Å². The highest BCUT2D eigenvalue weighted by molar-refractivity contribution is 6.12. The standard InChI is InChI=1S/C13H19BN2.C12H11N3O2.C7H8O/c1-4-13(14)12-5-6-16-9-11(12)7-10(2)8-15-3;13-10-8-14-11(9-4-2-1-3-5-9)15(6-7-16)12(10)17;1-8-7-5-3-2-4-6-7/h5-7,9,13,15H,4,8H2,1-3H3;1-5,7-8H,6,13H2;2-6H,1H3/b10-7+;;. The molecule has 0 fully saturated rings. The largest absolute Gasteiger partial charge is 0.497 e. The molecule has 8 nitrogen and oxygen atoms in total. The zero-order valence-electron chi connectivity index (χ0n) is 24.2. The number of methoxy groups -OCH3 is 1. The fourth-order valence-corrected chi connectivity index (χ4v) is 3.82. The molecule has 0 bridgehead atoms. The summed E-state index contributed by atoms with van der Waals surface area (Å²) in [4.78, 5) is 30.6. The molecule has 41 heavy (non-hydrogen) atoms. The van der Waals surface area contributed by atoms with E-state index in [1.54, 1.807) is 13.3 Å². The number of nitrogen functional groups attached to an aromatic ring is 1. The minimum Gasteiger partial charge on any atom is -0.497 e. The van der Waals surface area contributed by atoms with Crippen LogP contribution in [0.2, 0.25) is 0 Å². The highest BCUT2D eigenvalue weighted by atomic mass is 16.5. The predicted molar refractivity (Wildman–Crippen MR) is 168 cm³/mol. The van der Waals surface area contributed by atoms with Crippen LogP contribution in [0.4, 0.5) is 5.69 Å². The lowest BCUT2D eigenvalue weighted by Crippen LogP contribution is -2.26. The molecule has 2 radical (unpaired) electrons. The molecule has 0 aliphatic carbocycles. The second-order valence-corrected chi connectivity index (χ2v) is 9.04. The minimum atomic E-state index is -0.397. The van der Waals surface area contributed by atoms with Crippen LogP contribution in [0.25, 0.3) is 17.5 Å².